The third-order valence-electron chi connectivity index (χ3n) is 3.28. The molecule has 5 nitrogen and oxygen atoms in total. The molecule has 0 unspecified atom stereocenters. The summed E-state index contributed by atoms with van der Waals surface area (Å²) in [6, 6.07) is 7.39. The molecule has 1 aromatic rings. The predicted octanol–water partition coefficient (Wildman–Crippen LogP) is 3.47. The highest BCUT2D eigenvalue weighted by molar-refractivity contribution is 5.85. The highest BCUT2D eigenvalue weighted by atomic mass is 35.5. The fourth-order valence-corrected chi connectivity index (χ4v) is 2.22. The predicted molar refractivity (Wildman–Crippen MR) is 89.6 cm³/mol. The molecule has 2 N–H and O–H groups in total. The number of hydrogen-bond donors (Lipinski definition) is 1. The number of rotatable bonds is 2. The smallest absolute Gasteiger partial charge is 0.410 e. The van der Waals surface area contributed by atoms with Gasteiger partial charge in [0.2, 0.25) is 0 Å². The highest BCUT2D eigenvalue weighted by Gasteiger charge is 2.27. The molecule has 1 heterocycles. The fourth-order valence-electron chi connectivity index (χ4n) is 2.22. The summed E-state index contributed by atoms with van der Waals surface area (Å²) in [6.07, 6.45) is 1.51. The lowest BCUT2D eigenvalue weighted by Gasteiger charge is -2.33. The zero-order valence-electron chi connectivity index (χ0n) is 13.4. The van der Waals surface area contributed by atoms with Gasteiger partial charge in [-0.2, -0.15) is 0 Å². The molecule has 124 valence electrons. The maximum absolute atomic E-state index is 12.0. The van der Waals surface area contributed by atoms with Crippen LogP contribution in [-0.2, 0) is 4.74 Å². The molecule has 0 aliphatic carbocycles. The van der Waals surface area contributed by atoms with E-state index in [1.54, 1.807) is 4.90 Å². The van der Waals surface area contributed by atoms with Crippen LogP contribution in [-0.4, -0.2) is 35.8 Å². The number of piperidine rings is 1. The van der Waals surface area contributed by atoms with Crippen molar-refractivity contribution in [2.45, 2.75) is 45.3 Å². The number of hydrogen-bond acceptors (Lipinski definition) is 4. The van der Waals surface area contributed by atoms with E-state index in [2.05, 4.69) is 0 Å². The normalized spacial score (nSPS) is 15.9. The van der Waals surface area contributed by atoms with E-state index < -0.39 is 5.60 Å². The van der Waals surface area contributed by atoms with Crippen LogP contribution in [0, 0.1) is 0 Å². The highest BCUT2D eigenvalue weighted by Crippen LogP contribution is 2.21. The van der Waals surface area contributed by atoms with Crippen molar-refractivity contribution in [3.05, 3.63) is 24.3 Å². The first-order chi connectivity index (χ1) is 9.83. The molecule has 0 aromatic heterocycles. The molecular weight excluding hydrogens is 304 g/mol. The van der Waals surface area contributed by atoms with Crippen LogP contribution in [0.2, 0.25) is 0 Å². The molecule has 0 bridgehead atoms. The largest absolute Gasteiger partial charge is 0.490 e. The summed E-state index contributed by atoms with van der Waals surface area (Å²) in [7, 11) is 0. The number of carbonyl (C=O) groups is 1. The van der Waals surface area contributed by atoms with Crippen molar-refractivity contribution in [3.63, 3.8) is 0 Å². The number of benzene rings is 1. The summed E-state index contributed by atoms with van der Waals surface area (Å²) < 4.78 is 11.3. The van der Waals surface area contributed by atoms with Crippen LogP contribution in [0.1, 0.15) is 33.6 Å². The third kappa shape index (κ3) is 5.64. The van der Waals surface area contributed by atoms with Crippen LogP contribution in [0.3, 0.4) is 0 Å². The summed E-state index contributed by atoms with van der Waals surface area (Å²) in [5.41, 5.74) is 5.92. The maximum atomic E-state index is 12.0. The van der Waals surface area contributed by atoms with Crippen molar-refractivity contribution >= 4 is 24.2 Å². The Kier molecular flexibility index (Phi) is 6.35. The van der Waals surface area contributed by atoms with E-state index >= 15 is 0 Å². The second kappa shape index (κ2) is 7.58. The Morgan fingerprint density at radius 1 is 1.18 bits per heavy atom. The molecule has 1 fully saturated rings. The van der Waals surface area contributed by atoms with Gasteiger partial charge in [0.25, 0.3) is 0 Å². The summed E-state index contributed by atoms with van der Waals surface area (Å²) in [5, 5.41) is 0. The number of nitrogens with zero attached hydrogens (tertiary/aromatic N) is 1. The number of ether oxygens (including phenoxy) is 2. The minimum atomic E-state index is -0.450. The molecule has 2 rings (SSSR count). The van der Waals surface area contributed by atoms with Crippen molar-refractivity contribution in [1.82, 2.24) is 4.90 Å². The van der Waals surface area contributed by atoms with Crippen molar-refractivity contribution in [3.8, 4) is 5.75 Å². The lowest BCUT2D eigenvalue weighted by molar-refractivity contribution is 0.0126. The van der Waals surface area contributed by atoms with Crippen molar-refractivity contribution in [2.75, 3.05) is 18.8 Å². The van der Waals surface area contributed by atoms with E-state index in [4.69, 9.17) is 15.2 Å². The molecule has 1 amide bonds. The van der Waals surface area contributed by atoms with E-state index in [1.165, 1.54) is 0 Å². The Labute approximate surface area is 138 Å². The monoisotopic (exact) mass is 328 g/mol. The van der Waals surface area contributed by atoms with Gasteiger partial charge in [-0.15, -0.1) is 12.4 Å². The lowest BCUT2D eigenvalue weighted by atomic mass is 10.1. The summed E-state index contributed by atoms with van der Waals surface area (Å²) in [6.45, 7) is 6.95. The van der Waals surface area contributed by atoms with Gasteiger partial charge in [0.05, 0.1) is 0 Å². The molecular formula is C16H25ClN2O3. The van der Waals surface area contributed by atoms with Crippen molar-refractivity contribution in [2.24, 2.45) is 0 Å². The minimum Gasteiger partial charge on any atom is -0.490 e. The van der Waals surface area contributed by atoms with Gasteiger partial charge < -0.3 is 20.1 Å². The van der Waals surface area contributed by atoms with Gasteiger partial charge in [-0.05, 0) is 45.0 Å². The Balaban J connectivity index is 0.00000242. The number of nitrogens with two attached hydrogens (primary N) is 1. The first kappa shape index (κ1) is 18.4. The number of carbonyl (C=O) groups excluding carboxylic acids is 1. The third-order valence-corrected chi connectivity index (χ3v) is 3.28. The molecule has 1 saturated heterocycles. The maximum Gasteiger partial charge on any atom is 0.410 e. The van der Waals surface area contributed by atoms with E-state index in [1.807, 2.05) is 45.0 Å². The first-order valence-electron chi connectivity index (χ1n) is 7.33. The van der Waals surface area contributed by atoms with Gasteiger partial charge in [0, 0.05) is 31.6 Å². The second-order valence-corrected chi connectivity index (χ2v) is 6.35. The average molecular weight is 329 g/mol. The molecule has 0 spiro atoms. The quantitative estimate of drug-likeness (QED) is 0.844. The lowest BCUT2D eigenvalue weighted by Crippen LogP contribution is -2.44. The summed E-state index contributed by atoms with van der Waals surface area (Å²) >= 11 is 0. The zero-order valence-corrected chi connectivity index (χ0v) is 14.2. The first-order valence-corrected chi connectivity index (χ1v) is 7.33. The van der Waals surface area contributed by atoms with E-state index in [-0.39, 0.29) is 24.6 Å². The van der Waals surface area contributed by atoms with Crippen molar-refractivity contribution < 1.29 is 14.3 Å². The molecule has 0 atom stereocenters. The van der Waals surface area contributed by atoms with Crippen LogP contribution < -0.4 is 10.5 Å². The number of nitrogen functional groups attached to an aromatic ring is 1. The Hall–Kier alpha value is -1.62. The second-order valence-electron chi connectivity index (χ2n) is 6.35. The van der Waals surface area contributed by atoms with E-state index in [9.17, 15) is 4.79 Å². The number of halogens is 1. The average Bonchev–Trinajstić information content (AvgIpc) is 2.40. The van der Waals surface area contributed by atoms with Gasteiger partial charge in [-0.25, -0.2) is 4.79 Å². The molecule has 6 heteroatoms. The van der Waals surface area contributed by atoms with Gasteiger partial charge in [0.1, 0.15) is 17.5 Å². The van der Waals surface area contributed by atoms with Crippen LogP contribution >= 0.6 is 12.4 Å². The molecule has 1 aromatic carbocycles. The molecule has 0 saturated carbocycles. The molecule has 1 aliphatic heterocycles. The van der Waals surface area contributed by atoms with E-state index in [0.29, 0.717) is 13.1 Å². The Morgan fingerprint density at radius 3 is 2.23 bits per heavy atom. The molecule has 1 aliphatic rings. The number of likely N-dealkylation sites (tertiary alicyclic amines) is 1. The van der Waals surface area contributed by atoms with Crippen LogP contribution in [0.25, 0.3) is 0 Å². The Bertz CT molecular complexity index is 477. The standard InChI is InChI=1S/C16H24N2O3.ClH/c1-16(2,3)21-15(19)18-10-8-14(9-11-18)20-13-6-4-12(17)5-7-13;/h4-7,14H,8-11,17H2,1-3H3;1H. The van der Waals surface area contributed by atoms with E-state index in [0.717, 1.165) is 24.3 Å². The SMILES string of the molecule is CC(C)(C)OC(=O)N1CCC(Oc2ccc(N)cc2)CC1.Cl. The van der Waals surface area contributed by atoms with Gasteiger partial charge in [-0.3, -0.25) is 0 Å². The molecule has 22 heavy (non-hydrogen) atoms. The number of anilines is 1. The topological polar surface area (TPSA) is 64.8 Å². The number of amides is 1. The van der Waals surface area contributed by atoms with Crippen LogP contribution in [0.4, 0.5) is 10.5 Å². The van der Waals surface area contributed by atoms with Gasteiger partial charge in [0.15, 0.2) is 0 Å². The zero-order chi connectivity index (χ0) is 15.5. The summed E-state index contributed by atoms with van der Waals surface area (Å²) in [4.78, 5) is 13.7. The van der Waals surface area contributed by atoms with Gasteiger partial charge >= 0.3 is 6.09 Å². The Morgan fingerprint density at radius 2 is 1.73 bits per heavy atom. The van der Waals surface area contributed by atoms with Gasteiger partial charge in [-0.1, -0.05) is 0 Å². The van der Waals surface area contributed by atoms with Crippen LogP contribution in [0.5, 0.6) is 5.75 Å². The summed E-state index contributed by atoms with van der Waals surface area (Å²) in [5.74, 6) is 0.819. The van der Waals surface area contributed by atoms with Crippen molar-refractivity contribution in [1.29, 1.82) is 0 Å². The fraction of sp³-hybridized carbons (Fsp3) is 0.562. The molecule has 0 radical (unpaired) electrons. The minimum absolute atomic E-state index is 0. The van der Waals surface area contributed by atoms with Crippen LogP contribution in [0.15, 0.2) is 24.3 Å².